The highest BCUT2D eigenvalue weighted by atomic mass is 16.5. The third-order valence-electron chi connectivity index (χ3n) is 3.65. The van der Waals surface area contributed by atoms with E-state index in [0.717, 1.165) is 11.3 Å². The largest absolute Gasteiger partial charge is 0.484 e. The molecule has 0 bridgehead atoms. The Bertz CT molecular complexity index is 784. The molecule has 0 radical (unpaired) electrons. The van der Waals surface area contributed by atoms with Crippen LogP contribution in [-0.2, 0) is 9.53 Å². The maximum Gasteiger partial charge on any atom is 0.338 e. The Labute approximate surface area is 159 Å². The number of benzene rings is 2. The molecule has 0 saturated carbocycles. The Morgan fingerprint density at radius 1 is 1.00 bits per heavy atom. The number of amides is 1. The number of ether oxygens (including phenoxy) is 2. The monoisotopic (exact) mass is 368 g/mol. The van der Waals surface area contributed by atoms with Gasteiger partial charge in [-0.3, -0.25) is 4.79 Å². The Hall–Kier alpha value is -3.15. The molecule has 1 amide bonds. The third kappa shape index (κ3) is 6.26. The van der Waals surface area contributed by atoms with Crippen LogP contribution < -0.4 is 10.2 Å². The van der Waals surface area contributed by atoms with Gasteiger partial charge in [0.2, 0.25) is 0 Å². The first kappa shape index (κ1) is 20.2. The first-order chi connectivity index (χ1) is 13.0. The summed E-state index contributed by atoms with van der Waals surface area (Å²) in [6.07, 6.45) is 0. The molecule has 6 nitrogen and oxygen atoms in total. The van der Waals surface area contributed by atoms with E-state index in [-0.39, 0.29) is 18.4 Å². The number of esters is 1. The summed E-state index contributed by atoms with van der Waals surface area (Å²) in [6.45, 7) is 5.92. The zero-order valence-corrected chi connectivity index (χ0v) is 15.8. The number of hydrogen-bond acceptors (Lipinski definition) is 5. The lowest BCUT2D eigenvalue weighted by atomic mass is 10.0. The van der Waals surface area contributed by atoms with Gasteiger partial charge in [-0.1, -0.05) is 44.2 Å². The quantitative estimate of drug-likeness (QED) is 0.440. The van der Waals surface area contributed by atoms with Crippen molar-refractivity contribution in [2.24, 2.45) is 11.0 Å². The lowest BCUT2D eigenvalue weighted by Gasteiger charge is -2.11. The second kappa shape index (κ2) is 10.1. The molecule has 0 heterocycles. The van der Waals surface area contributed by atoms with Gasteiger partial charge >= 0.3 is 5.97 Å². The zero-order chi connectivity index (χ0) is 19.6. The van der Waals surface area contributed by atoms with Gasteiger partial charge in [0.25, 0.3) is 5.91 Å². The van der Waals surface area contributed by atoms with Crippen molar-refractivity contribution in [3.05, 3.63) is 65.7 Å². The van der Waals surface area contributed by atoms with Crippen molar-refractivity contribution < 1.29 is 19.1 Å². The number of hydrogen-bond donors (Lipinski definition) is 1. The summed E-state index contributed by atoms with van der Waals surface area (Å²) < 4.78 is 10.3. The number of carbonyl (C=O) groups excluding carboxylic acids is 2. The average molecular weight is 368 g/mol. The first-order valence-corrected chi connectivity index (χ1v) is 8.83. The first-order valence-electron chi connectivity index (χ1n) is 8.83. The minimum Gasteiger partial charge on any atom is -0.484 e. The number of nitrogens with zero attached hydrogens (tertiary/aromatic N) is 1. The van der Waals surface area contributed by atoms with Gasteiger partial charge in [-0.2, -0.15) is 5.10 Å². The Morgan fingerprint density at radius 2 is 1.67 bits per heavy atom. The van der Waals surface area contributed by atoms with Crippen LogP contribution in [0.3, 0.4) is 0 Å². The van der Waals surface area contributed by atoms with Crippen molar-refractivity contribution in [2.45, 2.75) is 20.8 Å². The molecule has 0 aliphatic rings. The lowest BCUT2D eigenvalue weighted by molar-refractivity contribution is -0.123. The molecule has 0 atom stereocenters. The van der Waals surface area contributed by atoms with Gasteiger partial charge in [0.05, 0.1) is 17.9 Å². The molecule has 1 N–H and O–H groups in total. The molecular formula is C21H24N2O4. The lowest BCUT2D eigenvalue weighted by Crippen LogP contribution is -2.27. The number of hydrazone groups is 1. The van der Waals surface area contributed by atoms with Crippen molar-refractivity contribution in [1.29, 1.82) is 0 Å². The molecule has 6 heteroatoms. The van der Waals surface area contributed by atoms with Crippen LogP contribution in [0.4, 0.5) is 0 Å². The second-order valence-electron chi connectivity index (χ2n) is 6.09. The topological polar surface area (TPSA) is 77.0 Å². The van der Waals surface area contributed by atoms with E-state index in [9.17, 15) is 9.59 Å². The summed E-state index contributed by atoms with van der Waals surface area (Å²) in [5.41, 5.74) is 4.72. The Balaban J connectivity index is 1.91. The molecule has 2 aromatic carbocycles. The van der Waals surface area contributed by atoms with Crippen LogP contribution in [0.1, 0.15) is 36.7 Å². The average Bonchev–Trinajstić information content (AvgIpc) is 2.67. The van der Waals surface area contributed by atoms with Gasteiger partial charge < -0.3 is 9.47 Å². The van der Waals surface area contributed by atoms with Crippen molar-refractivity contribution in [1.82, 2.24) is 5.43 Å². The van der Waals surface area contributed by atoms with E-state index >= 15 is 0 Å². The number of nitrogens with one attached hydrogen (secondary N) is 1. The maximum absolute atomic E-state index is 12.0. The van der Waals surface area contributed by atoms with E-state index in [0.29, 0.717) is 17.9 Å². The van der Waals surface area contributed by atoms with Gasteiger partial charge in [-0.05, 0) is 42.7 Å². The molecule has 2 rings (SSSR count). The van der Waals surface area contributed by atoms with Crippen LogP contribution in [0.5, 0.6) is 5.75 Å². The van der Waals surface area contributed by atoms with E-state index < -0.39 is 5.97 Å². The highest BCUT2D eigenvalue weighted by Gasteiger charge is 2.10. The van der Waals surface area contributed by atoms with Crippen LogP contribution in [0, 0.1) is 5.92 Å². The van der Waals surface area contributed by atoms with Crippen molar-refractivity contribution in [3.8, 4) is 5.75 Å². The van der Waals surface area contributed by atoms with Gasteiger partial charge in [0, 0.05) is 0 Å². The maximum atomic E-state index is 12.0. The van der Waals surface area contributed by atoms with E-state index in [1.165, 1.54) is 0 Å². The highest BCUT2D eigenvalue weighted by molar-refractivity contribution is 6.02. The molecule has 142 valence electrons. The fourth-order valence-corrected chi connectivity index (χ4v) is 2.34. The minimum absolute atomic E-state index is 0.157. The minimum atomic E-state index is -0.391. The molecule has 0 fully saturated rings. The fourth-order valence-electron chi connectivity index (χ4n) is 2.34. The number of carbonyl (C=O) groups is 2. The van der Waals surface area contributed by atoms with Gasteiger partial charge in [0.1, 0.15) is 5.75 Å². The SMILES string of the molecule is CCOC(=O)c1ccc(OCC(=O)N/N=C(/c2ccccc2)C(C)C)cc1. The van der Waals surface area contributed by atoms with Crippen molar-refractivity contribution in [2.75, 3.05) is 13.2 Å². The summed E-state index contributed by atoms with van der Waals surface area (Å²) in [6, 6.07) is 16.1. The van der Waals surface area contributed by atoms with E-state index in [2.05, 4.69) is 10.5 Å². The predicted octanol–water partition coefficient (Wildman–Crippen LogP) is 3.42. The molecule has 0 aliphatic carbocycles. The summed E-state index contributed by atoms with van der Waals surface area (Å²) in [5.74, 6) is -0.116. The molecule has 0 spiro atoms. The number of rotatable bonds is 8. The van der Waals surface area contributed by atoms with Crippen LogP contribution in [0.2, 0.25) is 0 Å². The molecule has 2 aromatic rings. The van der Waals surface area contributed by atoms with Crippen molar-refractivity contribution >= 4 is 17.6 Å². The summed E-state index contributed by atoms with van der Waals surface area (Å²) >= 11 is 0. The normalized spacial score (nSPS) is 11.2. The molecule has 0 aromatic heterocycles. The van der Waals surface area contributed by atoms with Crippen LogP contribution in [-0.4, -0.2) is 30.8 Å². The van der Waals surface area contributed by atoms with Gasteiger partial charge in [-0.15, -0.1) is 0 Å². The van der Waals surface area contributed by atoms with Crippen LogP contribution in [0.25, 0.3) is 0 Å². The third-order valence-corrected chi connectivity index (χ3v) is 3.65. The van der Waals surface area contributed by atoms with E-state index in [1.54, 1.807) is 31.2 Å². The second-order valence-corrected chi connectivity index (χ2v) is 6.09. The van der Waals surface area contributed by atoms with Crippen molar-refractivity contribution in [3.63, 3.8) is 0 Å². The van der Waals surface area contributed by atoms with Crippen LogP contribution >= 0.6 is 0 Å². The molecule has 0 saturated heterocycles. The highest BCUT2D eigenvalue weighted by Crippen LogP contribution is 2.13. The summed E-state index contributed by atoms with van der Waals surface area (Å²) in [4.78, 5) is 23.6. The van der Waals surface area contributed by atoms with E-state index in [4.69, 9.17) is 9.47 Å². The zero-order valence-electron chi connectivity index (χ0n) is 15.8. The molecule has 0 aliphatic heterocycles. The fraction of sp³-hybridized carbons (Fsp3) is 0.286. The van der Waals surface area contributed by atoms with Gasteiger partial charge in [-0.25, -0.2) is 10.2 Å². The Morgan fingerprint density at radius 3 is 2.26 bits per heavy atom. The molecule has 27 heavy (non-hydrogen) atoms. The molecule has 0 unspecified atom stereocenters. The van der Waals surface area contributed by atoms with Crippen LogP contribution in [0.15, 0.2) is 59.7 Å². The standard InChI is InChI=1S/C21H24N2O4/c1-4-26-21(25)17-10-12-18(13-11-17)27-14-19(24)22-23-20(15(2)3)16-8-6-5-7-9-16/h5-13,15H,4,14H2,1-3H3,(H,22,24)/b23-20+. The summed E-state index contributed by atoms with van der Waals surface area (Å²) in [7, 11) is 0. The summed E-state index contributed by atoms with van der Waals surface area (Å²) in [5, 5.41) is 4.24. The van der Waals surface area contributed by atoms with E-state index in [1.807, 2.05) is 44.2 Å². The van der Waals surface area contributed by atoms with Gasteiger partial charge in [0.15, 0.2) is 6.61 Å². The smallest absolute Gasteiger partial charge is 0.338 e. The molecular weight excluding hydrogens is 344 g/mol. The Kier molecular flexibility index (Phi) is 7.55. The predicted molar refractivity (Wildman–Crippen MR) is 104 cm³/mol.